The van der Waals surface area contributed by atoms with Gasteiger partial charge in [-0.3, -0.25) is 0 Å². The number of halogens is 2. The maximum absolute atomic E-state index is 10.0. The number of benzene rings is 4. The van der Waals surface area contributed by atoms with Crippen molar-refractivity contribution in [1.82, 2.24) is 0 Å². The highest BCUT2D eigenvalue weighted by molar-refractivity contribution is 9.11. The Morgan fingerprint density at radius 2 is 1.29 bits per heavy atom. The van der Waals surface area contributed by atoms with Crippen molar-refractivity contribution in [3.05, 3.63) is 110 Å². The first-order chi connectivity index (χ1) is 15.1. The van der Waals surface area contributed by atoms with Crippen LogP contribution in [0.15, 0.2) is 99.9 Å². The molecule has 0 unspecified atom stereocenters. The van der Waals surface area contributed by atoms with Crippen molar-refractivity contribution in [2.45, 2.75) is 6.42 Å². The van der Waals surface area contributed by atoms with Gasteiger partial charge in [0.2, 0.25) is 0 Å². The number of phenolic OH excluding ortho intramolecular Hbond substituents is 1. The molecule has 0 aliphatic carbocycles. The molecule has 0 saturated heterocycles. The van der Waals surface area contributed by atoms with Crippen LogP contribution in [0.25, 0.3) is 32.3 Å². The minimum Gasteiger partial charge on any atom is -0.506 e. The largest absolute Gasteiger partial charge is 0.506 e. The third kappa shape index (κ3) is 4.08. The molecule has 1 N–H and O–H groups in total. The van der Waals surface area contributed by atoms with Crippen molar-refractivity contribution in [2.24, 2.45) is 0 Å². The van der Waals surface area contributed by atoms with Crippen LogP contribution in [0.3, 0.4) is 0 Å². The van der Waals surface area contributed by atoms with Crippen molar-refractivity contribution in [3.8, 4) is 28.0 Å². The second kappa shape index (κ2) is 8.62. The highest BCUT2D eigenvalue weighted by Gasteiger charge is 2.15. The molecule has 1 aromatic heterocycles. The predicted octanol–water partition coefficient (Wildman–Crippen LogP) is 9.06. The maximum Gasteiger partial charge on any atom is 0.143 e. The van der Waals surface area contributed by atoms with E-state index in [2.05, 4.69) is 111 Å². The minimum absolute atomic E-state index is 0.218. The van der Waals surface area contributed by atoms with Crippen LogP contribution < -0.4 is 0 Å². The van der Waals surface area contributed by atoms with E-state index in [1.54, 1.807) is 0 Å². The minimum atomic E-state index is 0.218. The lowest BCUT2D eigenvalue weighted by atomic mass is 9.96. The number of phenols is 1. The lowest BCUT2D eigenvalue weighted by molar-refractivity contribution is 0.468. The summed E-state index contributed by atoms with van der Waals surface area (Å²) in [5.74, 6) is 0.218. The van der Waals surface area contributed by atoms with Crippen molar-refractivity contribution in [1.29, 1.82) is 0 Å². The molecule has 31 heavy (non-hydrogen) atoms. The molecular formula is C27H18Br2OS. The molecule has 0 aliphatic heterocycles. The van der Waals surface area contributed by atoms with Gasteiger partial charge in [0.25, 0.3) is 0 Å². The molecule has 4 heteroatoms. The van der Waals surface area contributed by atoms with Gasteiger partial charge in [-0.25, -0.2) is 0 Å². The predicted molar refractivity (Wildman–Crippen MR) is 139 cm³/mol. The van der Waals surface area contributed by atoms with E-state index in [9.17, 15) is 5.11 Å². The van der Waals surface area contributed by atoms with E-state index in [1.807, 2.05) is 23.5 Å². The van der Waals surface area contributed by atoms with Gasteiger partial charge in [-0.1, -0.05) is 72.8 Å². The number of hydrogen-bond donors (Lipinski definition) is 1. The summed E-state index contributed by atoms with van der Waals surface area (Å²) in [7, 11) is 0. The highest BCUT2D eigenvalue weighted by Crippen LogP contribution is 2.41. The summed E-state index contributed by atoms with van der Waals surface area (Å²) in [5.41, 5.74) is 6.02. The summed E-state index contributed by atoms with van der Waals surface area (Å²) in [6, 6.07) is 31.9. The van der Waals surface area contributed by atoms with Crippen LogP contribution in [0.4, 0.5) is 0 Å². The number of fused-ring (bicyclic) bond motifs is 1. The molecule has 5 rings (SSSR count). The monoisotopic (exact) mass is 548 g/mol. The first-order valence-corrected chi connectivity index (χ1v) is 12.3. The fourth-order valence-electron chi connectivity index (χ4n) is 3.88. The average Bonchev–Trinajstić information content (AvgIpc) is 3.15. The molecule has 0 bridgehead atoms. The summed E-state index contributed by atoms with van der Waals surface area (Å²) >= 11 is 8.74. The van der Waals surface area contributed by atoms with Gasteiger partial charge in [0.15, 0.2) is 0 Å². The van der Waals surface area contributed by atoms with E-state index in [4.69, 9.17) is 0 Å². The van der Waals surface area contributed by atoms with E-state index in [-0.39, 0.29) is 5.75 Å². The third-order valence-corrected chi connectivity index (χ3v) is 7.78. The Morgan fingerprint density at radius 3 is 2.00 bits per heavy atom. The maximum atomic E-state index is 10.0. The first kappa shape index (κ1) is 20.5. The molecule has 1 nitrogen and oxygen atoms in total. The Bertz CT molecular complexity index is 1350. The Kier molecular flexibility index (Phi) is 5.70. The summed E-state index contributed by atoms with van der Waals surface area (Å²) in [6.07, 6.45) is 0.926. The van der Waals surface area contributed by atoms with Gasteiger partial charge >= 0.3 is 0 Å². The zero-order chi connectivity index (χ0) is 21.4. The average molecular weight is 550 g/mol. The van der Waals surface area contributed by atoms with Crippen molar-refractivity contribution in [2.75, 3.05) is 0 Å². The first-order valence-electron chi connectivity index (χ1n) is 9.93. The van der Waals surface area contributed by atoms with Gasteiger partial charge in [-0.05, 0) is 72.3 Å². The van der Waals surface area contributed by atoms with Crippen LogP contribution in [0.2, 0.25) is 0 Å². The molecule has 4 aromatic carbocycles. The lowest BCUT2D eigenvalue weighted by Gasteiger charge is -2.09. The summed E-state index contributed by atoms with van der Waals surface area (Å²) < 4.78 is 2.67. The molecule has 0 aliphatic rings. The van der Waals surface area contributed by atoms with Crippen molar-refractivity contribution < 1.29 is 5.11 Å². The van der Waals surface area contributed by atoms with Crippen LogP contribution in [0.5, 0.6) is 5.75 Å². The SMILES string of the molecule is Oc1c(Br)cc(-c2ccc(-c3c(Cc4ccccc4)sc4ccccc34)cc2)cc1Br. The van der Waals surface area contributed by atoms with Gasteiger partial charge in [-0.15, -0.1) is 11.3 Å². The van der Waals surface area contributed by atoms with E-state index in [0.29, 0.717) is 8.95 Å². The van der Waals surface area contributed by atoms with E-state index in [1.165, 1.54) is 31.7 Å². The number of thiophene rings is 1. The summed E-state index contributed by atoms with van der Waals surface area (Å²) in [5, 5.41) is 11.3. The molecule has 5 aromatic rings. The molecular weight excluding hydrogens is 532 g/mol. The summed E-state index contributed by atoms with van der Waals surface area (Å²) in [6.45, 7) is 0. The highest BCUT2D eigenvalue weighted by atomic mass is 79.9. The second-order valence-electron chi connectivity index (χ2n) is 7.42. The van der Waals surface area contributed by atoms with Gasteiger partial charge in [0.1, 0.15) is 5.75 Å². The second-order valence-corrected chi connectivity index (χ2v) is 10.3. The van der Waals surface area contributed by atoms with Gasteiger partial charge < -0.3 is 5.11 Å². The molecule has 152 valence electrons. The molecule has 0 fully saturated rings. The number of hydrogen-bond acceptors (Lipinski definition) is 2. The quantitative estimate of drug-likeness (QED) is 0.237. The van der Waals surface area contributed by atoms with Gasteiger partial charge in [0.05, 0.1) is 8.95 Å². The molecule has 0 saturated carbocycles. The van der Waals surface area contributed by atoms with Crippen LogP contribution in [-0.2, 0) is 6.42 Å². The topological polar surface area (TPSA) is 20.2 Å². The summed E-state index contributed by atoms with van der Waals surface area (Å²) in [4.78, 5) is 1.38. The fourth-order valence-corrected chi connectivity index (χ4v) is 6.33. The van der Waals surface area contributed by atoms with Crippen LogP contribution in [0, 0.1) is 0 Å². The van der Waals surface area contributed by atoms with Crippen LogP contribution in [-0.4, -0.2) is 5.11 Å². The normalized spacial score (nSPS) is 11.2. The lowest BCUT2D eigenvalue weighted by Crippen LogP contribution is -1.88. The Morgan fingerprint density at radius 1 is 0.677 bits per heavy atom. The van der Waals surface area contributed by atoms with Gasteiger partial charge in [0, 0.05) is 26.9 Å². The van der Waals surface area contributed by atoms with E-state index >= 15 is 0 Å². The molecule has 1 heterocycles. The number of aromatic hydroxyl groups is 1. The zero-order valence-electron chi connectivity index (χ0n) is 16.5. The molecule has 0 radical (unpaired) electrons. The van der Waals surface area contributed by atoms with Crippen LogP contribution in [0.1, 0.15) is 10.4 Å². The Labute approximate surface area is 202 Å². The molecule has 0 amide bonds. The third-order valence-electron chi connectivity index (χ3n) is 5.40. The molecule has 0 spiro atoms. The Balaban J connectivity index is 1.58. The van der Waals surface area contributed by atoms with E-state index in [0.717, 1.165) is 17.5 Å². The van der Waals surface area contributed by atoms with E-state index < -0.39 is 0 Å². The van der Waals surface area contributed by atoms with Crippen LogP contribution >= 0.6 is 43.2 Å². The Hall–Kier alpha value is -2.40. The zero-order valence-corrected chi connectivity index (χ0v) is 20.5. The van der Waals surface area contributed by atoms with Crippen molar-refractivity contribution >= 4 is 53.3 Å². The standard InChI is InChI=1S/C27H18Br2OS/c28-22-15-20(16-23(29)27(22)30)18-10-12-19(13-11-18)26-21-8-4-5-9-24(21)31-25(26)14-17-6-2-1-3-7-17/h1-13,15-16,30H,14H2. The molecule has 0 atom stereocenters. The van der Waals surface area contributed by atoms with Crippen molar-refractivity contribution in [3.63, 3.8) is 0 Å². The fraction of sp³-hybridized carbons (Fsp3) is 0.0370. The smallest absolute Gasteiger partial charge is 0.143 e. The van der Waals surface area contributed by atoms with Gasteiger partial charge in [-0.2, -0.15) is 0 Å². The number of rotatable bonds is 4.